The molecule has 0 fully saturated rings. The molecule has 0 bridgehead atoms. The van der Waals surface area contributed by atoms with Crippen LogP contribution in [0.4, 0.5) is 5.82 Å². The van der Waals surface area contributed by atoms with Crippen molar-refractivity contribution in [2.45, 2.75) is 13.5 Å². The molecule has 0 atom stereocenters. The molecule has 0 aliphatic heterocycles. The van der Waals surface area contributed by atoms with Gasteiger partial charge < -0.3 is 10.1 Å². The first-order valence-electron chi connectivity index (χ1n) is 6.55. The first kappa shape index (κ1) is 13.7. The molecule has 21 heavy (non-hydrogen) atoms. The molecule has 2 heterocycles. The molecule has 1 N–H and O–H groups in total. The highest BCUT2D eigenvalue weighted by Crippen LogP contribution is 2.27. The van der Waals surface area contributed by atoms with Crippen molar-refractivity contribution >= 4 is 22.9 Å². The van der Waals surface area contributed by atoms with Crippen LogP contribution in [0.15, 0.2) is 36.7 Å². The highest BCUT2D eigenvalue weighted by atomic mass is 35.5. The summed E-state index contributed by atoms with van der Waals surface area (Å²) in [5.41, 5.74) is 2.78. The minimum atomic E-state index is 0.528. The number of aromatic nitrogens is 3. The Morgan fingerprint density at radius 2 is 2.24 bits per heavy atom. The summed E-state index contributed by atoms with van der Waals surface area (Å²) < 4.78 is 7.14. The molecular weight excluding hydrogens is 288 g/mol. The maximum absolute atomic E-state index is 6.24. The van der Waals surface area contributed by atoms with Gasteiger partial charge in [-0.05, 0) is 25.1 Å². The summed E-state index contributed by atoms with van der Waals surface area (Å²) in [5, 5.41) is 8.33. The lowest BCUT2D eigenvalue weighted by Gasteiger charge is -2.12. The minimum absolute atomic E-state index is 0.528. The highest BCUT2D eigenvalue weighted by molar-refractivity contribution is 6.31. The quantitative estimate of drug-likeness (QED) is 0.803. The van der Waals surface area contributed by atoms with Crippen molar-refractivity contribution in [2.24, 2.45) is 0 Å². The van der Waals surface area contributed by atoms with E-state index in [0.29, 0.717) is 11.6 Å². The van der Waals surface area contributed by atoms with E-state index in [0.717, 1.165) is 28.3 Å². The van der Waals surface area contributed by atoms with E-state index < -0.39 is 0 Å². The van der Waals surface area contributed by atoms with Gasteiger partial charge in [-0.25, -0.2) is 9.50 Å². The normalized spacial score (nSPS) is 10.8. The Labute approximate surface area is 127 Å². The van der Waals surface area contributed by atoms with Crippen LogP contribution in [0, 0.1) is 6.92 Å². The van der Waals surface area contributed by atoms with Gasteiger partial charge in [0.1, 0.15) is 11.3 Å². The molecule has 0 saturated heterocycles. The van der Waals surface area contributed by atoms with E-state index in [1.54, 1.807) is 17.8 Å². The van der Waals surface area contributed by atoms with Crippen LogP contribution in [0.2, 0.25) is 5.02 Å². The van der Waals surface area contributed by atoms with Gasteiger partial charge in [0.2, 0.25) is 0 Å². The summed E-state index contributed by atoms with van der Waals surface area (Å²) in [6, 6.07) is 7.58. The average molecular weight is 303 g/mol. The van der Waals surface area contributed by atoms with E-state index >= 15 is 0 Å². The number of halogens is 1. The van der Waals surface area contributed by atoms with Gasteiger partial charge in [0.25, 0.3) is 0 Å². The monoisotopic (exact) mass is 302 g/mol. The third-order valence-corrected chi connectivity index (χ3v) is 3.59. The van der Waals surface area contributed by atoms with Crippen molar-refractivity contribution in [1.29, 1.82) is 0 Å². The topological polar surface area (TPSA) is 51.5 Å². The van der Waals surface area contributed by atoms with Crippen molar-refractivity contribution in [1.82, 2.24) is 14.6 Å². The van der Waals surface area contributed by atoms with E-state index in [4.69, 9.17) is 16.3 Å². The zero-order chi connectivity index (χ0) is 14.8. The molecule has 0 radical (unpaired) electrons. The van der Waals surface area contributed by atoms with Crippen LogP contribution < -0.4 is 10.1 Å². The average Bonchev–Trinajstić information content (AvgIpc) is 2.86. The number of benzene rings is 1. The molecule has 0 unspecified atom stereocenters. The molecule has 0 amide bonds. The summed E-state index contributed by atoms with van der Waals surface area (Å²) in [5.74, 6) is 1.52. The van der Waals surface area contributed by atoms with Gasteiger partial charge in [0, 0.05) is 29.5 Å². The van der Waals surface area contributed by atoms with Crippen LogP contribution in [0.3, 0.4) is 0 Å². The van der Waals surface area contributed by atoms with Crippen molar-refractivity contribution < 1.29 is 4.74 Å². The molecule has 3 rings (SSSR count). The Kier molecular flexibility index (Phi) is 3.66. The number of aryl methyl sites for hydroxylation is 1. The lowest BCUT2D eigenvalue weighted by atomic mass is 10.2. The minimum Gasteiger partial charge on any atom is -0.496 e. The van der Waals surface area contributed by atoms with E-state index in [2.05, 4.69) is 15.4 Å². The van der Waals surface area contributed by atoms with Crippen LogP contribution in [-0.2, 0) is 6.54 Å². The van der Waals surface area contributed by atoms with Crippen LogP contribution in [0.5, 0.6) is 5.75 Å². The Morgan fingerprint density at radius 3 is 3.05 bits per heavy atom. The zero-order valence-corrected chi connectivity index (χ0v) is 12.6. The summed E-state index contributed by atoms with van der Waals surface area (Å²) in [6.07, 6.45) is 3.54. The molecule has 0 spiro atoms. The molecule has 108 valence electrons. The van der Waals surface area contributed by atoms with Gasteiger partial charge in [-0.15, -0.1) is 0 Å². The molecular formula is C15H15ClN4O. The fourth-order valence-corrected chi connectivity index (χ4v) is 2.49. The summed E-state index contributed by atoms with van der Waals surface area (Å²) in [7, 11) is 1.63. The SMILES string of the molecule is COc1cccc(Cl)c1CNc1nccn2nc(C)cc12. The lowest BCUT2D eigenvalue weighted by Crippen LogP contribution is -2.05. The zero-order valence-electron chi connectivity index (χ0n) is 11.8. The molecule has 6 heteroatoms. The fraction of sp³-hybridized carbons (Fsp3) is 0.200. The number of fused-ring (bicyclic) bond motifs is 1. The van der Waals surface area contributed by atoms with Crippen LogP contribution in [0.25, 0.3) is 5.52 Å². The Bertz CT molecular complexity index is 784. The van der Waals surface area contributed by atoms with E-state index in [1.165, 1.54) is 0 Å². The number of nitrogens with one attached hydrogen (secondary N) is 1. The number of nitrogens with zero attached hydrogens (tertiary/aromatic N) is 3. The second-order valence-corrected chi connectivity index (χ2v) is 5.07. The smallest absolute Gasteiger partial charge is 0.152 e. The van der Waals surface area contributed by atoms with Gasteiger partial charge >= 0.3 is 0 Å². The third kappa shape index (κ3) is 2.64. The van der Waals surface area contributed by atoms with Crippen molar-refractivity contribution in [3.05, 3.63) is 52.9 Å². The van der Waals surface area contributed by atoms with Gasteiger partial charge in [0.05, 0.1) is 12.8 Å². The Balaban J connectivity index is 1.90. The highest BCUT2D eigenvalue weighted by Gasteiger charge is 2.10. The van der Waals surface area contributed by atoms with Gasteiger partial charge in [-0.2, -0.15) is 5.10 Å². The first-order valence-corrected chi connectivity index (χ1v) is 6.93. The molecule has 1 aromatic carbocycles. The van der Waals surface area contributed by atoms with Gasteiger partial charge in [-0.3, -0.25) is 0 Å². The number of methoxy groups -OCH3 is 1. The molecule has 2 aromatic heterocycles. The summed E-state index contributed by atoms with van der Waals surface area (Å²) in [6.45, 7) is 2.48. The molecule has 3 aromatic rings. The van der Waals surface area contributed by atoms with E-state index in [1.807, 2.05) is 37.4 Å². The largest absolute Gasteiger partial charge is 0.496 e. The first-order chi connectivity index (χ1) is 10.2. The summed E-state index contributed by atoms with van der Waals surface area (Å²) >= 11 is 6.24. The van der Waals surface area contributed by atoms with E-state index in [9.17, 15) is 0 Å². The van der Waals surface area contributed by atoms with E-state index in [-0.39, 0.29) is 0 Å². The van der Waals surface area contributed by atoms with Crippen LogP contribution >= 0.6 is 11.6 Å². The second kappa shape index (κ2) is 5.61. The maximum atomic E-state index is 6.24. The lowest BCUT2D eigenvalue weighted by molar-refractivity contribution is 0.410. The van der Waals surface area contributed by atoms with Crippen molar-refractivity contribution in [2.75, 3.05) is 12.4 Å². The number of hydrogen-bond donors (Lipinski definition) is 1. The predicted molar refractivity (Wildman–Crippen MR) is 83.1 cm³/mol. The summed E-state index contributed by atoms with van der Waals surface area (Å²) in [4.78, 5) is 4.36. The number of anilines is 1. The number of rotatable bonds is 4. The standard InChI is InChI=1S/C15H15ClN4O/c1-10-8-13-15(17-6-7-20(13)19-10)18-9-11-12(16)4-3-5-14(11)21-2/h3-8H,9H2,1-2H3,(H,17,18). The van der Waals surface area contributed by atoms with Crippen molar-refractivity contribution in [3.63, 3.8) is 0 Å². The van der Waals surface area contributed by atoms with Crippen LogP contribution in [0.1, 0.15) is 11.3 Å². The second-order valence-electron chi connectivity index (χ2n) is 4.67. The predicted octanol–water partition coefficient (Wildman–Crippen LogP) is 3.31. The Hall–Kier alpha value is -2.27. The fourth-order valence-electron chi connectivity index (χ4n) is 2.25. The molecule has 5 nitrogen and oxygen atoms in total. The van der Waals surface area contributed by atoms with Crippen molar-refractivity contribution in [3.8, 4) is 5.75 Å². The van der Waals surface area contributed by atoms with Crippen LogP contribution in [-0.4, -0.2) is 21.7 Å². The van der Waals surface area contributed by atoms with Gasteiger partial charge in [-0.1, -0.05) is 17.7 Å². The van der Waals surface area contributed by atoms with Gasteiger partial charge in [0.15, 0.2) is 5.82 Å². The molecule has 0 aliphatic rings. The molecule has 0 saturated carbocycles. The third-order valence-electron chi connectivity index (χ3n) is 3.24. The number of hydrogen-bond acceptors (Lipinski definition) is 4. The maximum Gasteiger partial charge on any atom is 0.152 e. The molecule has 0 aliphatic carbocycles. The Morgan fingerprint density at radius 1 is 1.38 bits per heavy atom. The number of ether oxygens (including phenoxy) is 1.